The number of fused-ring (bicyclic) bond motifs is 1. The summed E-state index contributed by atoms with van der Waals surface area (Å²) in [5.74, 6) is -0.581. The second-order valence-electron chi connectivity index (χ2n) is 18.5. The third-order valence-electron chi connectivity index (χ3n) is 13.9. The average Bonchev–Trinajstić information content (AvgIpc) is 3.41. The number of rotatable bonds is 15. The third-order valence-corrected chi connectivity index (χ3v) is 13.9. The van der Waals surface area contributed by atoms with Crippen molar-refractivity contribution in [3.8, 4) is 11.1 Å². The van der Waals surface area contributed by atoms with Crippen LogP contribution in [0.2, 0.25) is 0 Å². The number of aromatic nitrogens is 5. The number of halogens is 1. The van der Waals surface area contributed by atoms with Crippen LogP contribution in [0, 0.1) is 11.7 Å². The molecule has 0 bridgehead atoms. The molecule has 6 heterocycles. The predicted octanol–water partition coefficient (Wildman–Crippen LogP) is 4.36. The zero-order chi connectivity index (χ0) is 49.3. The van der Waals surface area contributed by atoms with Crippen molar-refractivity contribution < 1.29 is 23.6 Å². The number of aromatic amines is 1. The maximum Gasteiger partial charge on any atom is 0.273 e. The number of carbonyl (C=O) groups is 4. The number of nitrogens with one attached hydrogen (secondary N) is 3. The normalized spacial score (nSPS) is 16.0. The van der Waals surface area contributed by atoms with E-state index in [2.05, 4.69) is 64.6 Å². The fourth-order valence-electron chi connectivity index (χ4n) is 9.72. The first kappa shape index (κ1) is 48.6. The minimum atomic E-state index is -0.613. The Morgan fingerprint density at radius 2 is 1.46 bits per heavy atom. The van der Waals surface area contributed by atoms with E-state index in [9.17, 15) is 24.0 Å². The van der Waals surface area contributed by atoms with Gasteiger partial charge in [-0.25, -0.2) is 24.4 Å². The summed E-state index contributed by atoms with van der Waals surface area (Å²) in [5.41, 5.74) is 4.24. The number of nitrogens with zero attached hydrogens (tertiary/aromatic N) is 9. The molecule has 3 aromatic carbocycles. The second kappa shape index (κ2) is 22.5. The standard InChI is InChI=1S/C53H59FN12O5/c1-2-36-6-5-7-39(28-36)40-31-44(50(68)57-17-16-56-47-12-15-55-35-59-47)49(58-32-40)53(71)65-18-13-37(14-19-65)33-62-20-22-63(23-21-62)34-48(67)64-24-26-66(27-25-64)52(70)43-29-38(10-11-45(43)54)30-46-41-8-3-4-9-42(41)51(69)61-60-46/h3-12,15,28-29,31-32,35,37H,2,13-14,16-27,30,33-34H2,1H3,(H,57,68)(H,61,69)(H,55,56,59). The quantitative estimate of drug-likeness (QED) is 0.123. The van der Waals surface area contributed by atoms with Gasteiger partial charge >= 0.3 is 0 Å². The maximum atomic E-state index is 15.1. The number of carbonyl (C=O) groups excluding carboxylic acids is 4. The van der Waals surface area contributed by atoms with Crippen LogP contribution in [0.1, 0.15) is 67.8 Å². The van der Waals surface area contributed by atoms with Crippen molar-refractivity contribution in [3.63, 3.8) is 0 Å². The van der Waals surface area contributed by atoms with Gasteiger partial charge in [0.15, 0.2) is 0 Å². The van der Waals surface area contributed by atoms with Crippen LogP contribution in [-0.2, 0) is 17.6 Å². The van der Waals surface area contributed by atoms with E-state index in [4.69, 9.17) is 0 Å². The fourth-order valence-corrected chi connectivity index (χ4v) is 9.72. The first-order chi connectivity index (χ1) is 34.6. The van der Waals surface area contributed by atoms with E-state index in [1.807, 2.05) is 29.2 Å². The molecular weight excluding hydrogens is 904 g/mol. The van der Waals surface area contributed by atoms with Crippen LogP contribution < -0.4 is 16.2 Å². The molecule has 6 aromatic rings. The van der Waals surface area contributed by atoms with Gasteiger partial charge in [0.1, 0.15) is 23.7 Å². The molecule has 4 amide bonds. The van der Waals surface area contributed by atoms with E-state index in [1.165, 1.54) is 12.4 Å². The summed E-state index contributed by atoms with van der Waals surface area (Å²) < 4.78 is 15.1. The van der Waals surface area contributed by atoms with Gasteiger partial charge in [-0.3, -0.25) is 28.9 Å². The number of amides is 4. The van der Waals surface area contributed by atoms with Gasteiger partial charge in [-0.15, -0.1) is 0 Å². The van der Waals surface area contributed by atoms with Gasteiger partial charge in [0.25, 0.3) is 23.3 Å². The van der Waals surface area contributed by atoms with Crippen LogP contribution in [0.3, 0.4) is 0 Å². The third kappa shape index (κ3) is 11.8. The Balaban J connectivity index is 0.722. The van der Waals surface area contributed by atoms with Crippen LogP contribution >= 0.6 is 0 Å². The van der Waals surface area contributed by atoms with Crippen molar-refractivity contribution in [2.45, 2.75) is 32.6 Å². The van der Waals surface area contributed by atoms with Crippen molar-refractivity contribution in [1.29, 1.82) is 0 Å². The number of hydrogen-bond donors (Lipinski definition) is 3. The summed E-state index contributed by atoms with van der Waals surface area (Å²) in [5, 5.41) is 14.1. The Morgan fingerprint density at radius 3 is 2.23 bits per heavy atom. The van der Waals surface area contributed by atoms with Crippen LogP contribution in [0.5, 0.6) is 0 Å². The van der Waals surface area contributed by atoms with Crippen molar-refractivity contribution in [2.24, 2.45) is 5.92 Å². The number of aryl methyl sites for hydroxylation is 1. The number of piperazine rings is 2. The van der Waals surface area contributed by atoms with E-state index in [1.54, 1.807) is 58.6 Å². The lowest BCUT2D eigenvalue weighted by molar-refractivity contribution is -0.134. The van der Waals surface area contributed by atoms with E-state index >= 15 is 4.39 Å². The van der Waals surface area contributed by atoms with Gasteiger partial charge in [0.05, 0.1) is 28.8 Å². The molecule has 0 aliphatic carbocycles. The molecule has 3 N–H and O–H groups in total. The molecule has 17 nitrogen and oxygen atoms in total. The van der Waals surface area contributed by atoms with Crippen molar-refractivity contribution in [2.75, 3.05) is 96.9 Å². The van der Waals surface area contributed by atoms with E-state index in [0.29, 0.717) is 99.1 Å². The van der Waals surface area contributed by atoms with E-state index in [0.717, 1.165) is 68.7 Å². The molecule has 0 radical (unpaired) electrons. The summed E-state index contributed by atoms with van der Waals surface area (Å²) in [6.45, 7) is 9.69. The van der Waals surface area contributed by atoms with Crippen molar-refractivity contribution in [1.82, 2.24) is 55.0 Å². The molecule has 3 aromatic heterocycles. The smallest absolute Gasteiger partial charge is 0.273 e. The molecule has 3 aliphatic heterocycles. The van der Waals surface area contributed by atoms with Gasteiger partial charge in [0.2, 0.25) is 5.91 Å². The molecule has 0 unspecified atom stereocenters. The highest BCUT2D eigenvalue weighted by Gasteiger charge is 2.32. The molecule has 71 heavy (non-hydrogen) atoms. The van der Waals surface area contributed by atoms with Crippen LogP contribution in [0.25, 0.3) is 21.9 Å². The van der Waals surface area contributed by atoms with E-state index < -0.39 is 11.7 Å². The summed E-state index contributed by atoms with van der Waals surface area (Å²) in [4.78, 5) is 89.7. The molecule has 3 fully saturated rings. The highest BCUT2D eigenvalue weighted by atomic mass is 19.1. The van der Waals surface area contributed by atoms with E-state index in [-0.39, 0.29) is 40.1 Å². The topological polar surface area (TPSA) is 193 Å². The van der Waals surface area contributed by atoms with Crippen LogP contribution in [0.4, 0.5) is 10.2 Å². The van der Waals surface area contributed by atoms with Gasteiger partial charge in [-0.1, -0.05) is 55.5 Å². The Bertz CT molecular complexity index is 2930. The lowest BCUT2D eigenvalue weighted by atomic mass is 9.95. The Kier molecular flexibility index (Phi) is 15.4. The molecule has 368 valence electrons. The highest BCUT2D eigenvalue weighted by Crippen LogP contribution is 2.26. The number of H-pyrrole nitrogens is 1. The van der Waals surface area contributed by atoms with Gasteiger partial charge in [-0.05, 0) is 72.2 Å². The van der Waals surface area contributed by atoms with Crippen LogP contribution in [0.15, 0.2) is 102 Å². The average molecular weight is 963 g/mol. The first-order valence-electron chi connectivity index (χ1n) is 24.5. The molecular formula is C53H59FN12O5. The monoisotopic (exact) mass is 962 g/mol. The fraction of sp³-hybridized carbons (Fsp3) is 0.377. The minimum Gasteiger partial charge on any atom is -0.368 e. The molecule has 9 rings (SSSR count). The number of pyridine rings is 1. The summed E-state index contributed by atoms with van der Waals surface area (Å²) in [6, 6.07) is 23.3. The number of anilines is 1. The number of benzene rings is 3. The predicted molar refractivity (Wildman–Crippen MR) is 267 cm³/mol. The summed E-state index contributed by atoms with van der Waals surface area (Å²) in [7, 11) is 0. The lowest BCUT2D eigenvalue weighted by Gasteiger charge is -2.40. The maximum absolute atomic E-state index is 15.1. The Morgan fingerprint density at radius 1 is 0.718 bits per heavy atom. The number of piperidine rings is 1. The molecule has 0 spiro atoms. The van der Waals surface area contributed by atoms with Crippen LogP contribution in [-0.4, -0.2) is 165 Å². The Labute approximate surface area is 411 Å². The van der Waals surface area contributed by atoms with Crippen molar-refractivity contribution in [3.05, 3.63) is 147 Å². The highest BCUT2D eigenvalue weighted by molar-refractivity contribution is 6.06. The van der Waals surface area contributed by atoms with Gasteiger partial charge in [0, 0.05) is 115 Å². The molecule has 0 atom stereocenters. The van der Waals surface area contributed by atoms with Gasteiger partial charge in [-0.2, -0.15) is 5.10 Å². The number of hydrogen-bond acceptors (Lipinski definition) is 12. The summed E-state index contributed by atoms with van der Waals surface area (Å²) >= 11 is 0. The first-order valence-corrected chi connectivity index (χ1v) is 24.5. The molecule has 3 saturated heterocycles. The van der Waals surface area contributed by atoms with Crippen molar-refractivity contribution >= 4 is 40.2 Å². The SMILES string of the molecule is CCc1cccc(-c2cnc(C(=O)N3CCC(CN4CCN(CC(=O)N5CCN(C(=O)c6cc(Cc7n[nH]c(=O)c8ccccc78)ccc6F)CC5)CC4)CC3)c(C(=O)NCCNc3ccncn3)c2)c1. The number of likely N-dealkylation sites (tertiary alicyclic amines) is 1. The zero-order valence-electron chi connectivity index (χ0n) is 40.0. The Hall–Kier alpha value is -7.44. The second-order valence-corrected chi connectivity index (χ2v) is 18.5. The zero-order valence-corrected chi connectivity index (χ0v) is 40.0. The summed E-state index contributed by atoms with van der Waals surface area (Å²) in [6.07, 6.45) is 7.62. The minimum absolute atomic E-state index is 0.0161. The molecule has 18 heteroatoms. The largest absolute Gasteiger partial charge is 0.368 e. The molecule has 0 saturated carbocycles. The van der Waals surface area contributed by atoms with Gasteiger partial charge < -0.3 is 30.2 Å². The lowest BCUT2D eigenvalue weighted by Crippen LogP contribution is -2.55. The molecule has 3 aliphatic rings.